The van der Waals surface area contributed by atoms with Gasteiger partial charge in [-0.15, -0.1) is 0 Å². The number of carboxylic acid groups (broad SMARTS) is 1. The SMILES string of the molecule is COc1cc(N(C)CCN(C)C)c([N+](=O)[O-])cc1Nc1nccc(-c2cn(C)c3c(C(=O)O)cccc23)n1. The predicted octanol–water partition coefficient (Wildman–Crippen LogP) is 3.99. The van der Waals surface area contributed by atoms with Crippen LogP contribution < -0.4 is 15.0 Å². The number of para-hydroxylation sites is 1. The third kappa shape index (κ3) is 5.20. The summed E-state index contributed by atoms with van der Waals surface area (Å²) < 4.78 is 7.29. The van der Waals surface area contributed by atoms with Gasteiger partial charge in [-0.1, -0.05) is 12.1 Å². The molecule has 0 spiro atoms. The van der Waals surface area contributed by atoms with Crippen LogP contribution in [0.2, 0.25) is 0 Å². The van der Waals surface area contributed by atoms with Gasteiger partial charge in [-0.2, -0.15) is 0 Å². The van der Waals surface area contributed by atoms with Crippen LogP contribution in [0.4, 0.5) is 23.0 Å². The highest BCUT2D eigenvalue weighted by molar-refractivity contribution is 6.07. The van der Waals surface area contributed by atoms with Crippen LogP contribution in [0.5, 0.6) is 5.75 Å². The van der Waals surface area contributed by atoms with E-state index < -0.39 is 10.9 Å². The fourth-order valence-corrected chi connectivity index (χ4v) is 4.28. The van der Waals surface area contributed by atoms with E-state index in [1.807, 2.05) is 36.2 Å². The van der Waals surface area contributed by atoms with E-state index in [-0.39, 0.29) is 17.2 Å². The molecule has 0 saturated carbocycles. The maximum absolute atomic E-state index is 11.9. The van der Waals surface area contributed by atoms with E-state index in [1.54, 1.807) is 49.1 Å². The Bertz CT molecular complexity index is 1520. The molecule has 0 saturated heterocycles. The van der Waals surface area contributed by atoms with E-state index in [9.17, 15) is 20.0 Å². The minimum absolute atomic E-state index is 0.0824. The van der Waals surface area contributed by atoms with Gasteiger partial charge in [-0.25, -0.2) is 14.8 Å². The van der Waals surface area contributed by atoms with Crippen LogP contribution in [-0.2, 0) is 7.05 Å². The lowest BCUT2D eigenvalue weighted by atomic mass is 10.1. The molecule has 0 radical (unpaired) electrons. The second-order valence-electron chi connectivity index (χ2n) is 9.07. The normalized spacial score (nSPS) is 11.1. The van der Waals surface area contributed by atoms with E-state index >= 15 is 0 Å². The summed E-state index contributed by atoms with van der Waals surface area (Å²) in [6.45, 7) is 1.31. The molecule has 0 fully saturated rings. The molecule has 2 aromatic heterocycles. The molecular weight excluding hydrogens is 490 g/mol. The van der Waals surface area contributed by atoms with Crippen molar-refractivity contribution in [1.29, 1.82) is 0 Å². The molecule has 0 aliphatic carbocycles. The molecule has 0 atom stereocenters. The van der Waals surface area contributed by atoms with Gasteiger partial charge in [0, 0.05) is 62.7 Å². The monoisotopic (exact) mass is 519 g/mol. The summed E-state index contributed by atoms with van der Waals surface area (Å²) in [5.41, 5.74) is 2.74. The van der Waals surface area contributed by atoms with Crippen molar-refractivity contribution in [2.75, 3.05) is 51.6 Å². The van der Waals surface area contributed by atoms with Crippen molar-refractivity contribution in [2.45, 2.75) is 0 Å². The third-order valence-corrected chi connectivity index (χ3v) is 6.20. The van der Waals surface area contributed by atoms with Crippen molar-refractivity contribution in [3.8, 4) is 17.0 Å². The maximum Gasteiger partial charge on any atom is 0.337 e. The number of nitro benzene ring substituents is 1. The minimum atomic E-state index is -1.02. The number of rotatable bonds is 10. The Morgan fingerprint density at radius 2 is 1.97 bits per heavy atom. The number of methoxy groups -OCH3 is 1. The van der Waals surface area contributed by atoms with Crippen molar-refractivity contribution in [3.05, 3.63) is 64.5 Å². The number of aryl methyl sites for hydroxylation is 1. The van der Waals surface area contributed by atoms with E-state index in [0.717, 1.165) is 17.5 Å². The number of aromatic carboxylic acids is 1. The Kier molecular flexibility index (Phi) is 7.44. The van der Waals surface area contributed by atoms with E-state index in [1.165, 1.54) is 13.2 Å². The van der Waals surface area contributed by atoms with Crippen molar-refractivity contribution in [3.63, 3.8) is 0 Å². The number of nitro groups is 1. The number of likely N-dealkylation sites (N-methyl/N-ethyl adjacent to an activating group) is 2. The Balaban J connectivity index is 1.72. The molecule has 0 aliphatic rings. The van der Waals surface area contributed by atoms with Gasteiger partial charge in [0.1, 0.15) is 11.4 Å². The van der Waals surface area contributed by atoms with Crippen LogP contribution in [-0.4, -0.2) is 76.8 Å². The highest BCUT2D eigenvalue weighted by Crippen LogP contribution is 2.39. The first-order valence-electron chi connectivity index (χ1n) is 11.7. The third-order valence-electron chi connectivity index (χ3n) is 6.20. The van der Waals surface area contributed by atoms with Crippen LogP contribution in [0.1, 0.15) is 10.4 Å². The first-order chi connectivity index (χ1) is 18.1. The second-order valence-corrected chi connectivity index (χ2v) is 9.07. The zero-order chi connectivity index (χ0) is 27.6. The van der Waals surface area contributed by atoms with Gasteiger partial charge < -0.3 is 29.5 Å². The van der Waals surface area contributed by atoms with Gasteiger partial charge in [0.15, 0.2) is 0 Å². The zero-order valence-corrected chi connectivity index (χ0v) is 21.8. The number of nitrogens with one attached hydrogen (secondary N) is 1. The average Bonchev–Trinajstić information content (AvgIpc) is 3.23. The molecule has 4 aromatic rings. The smallest absolute Gasteiger partial charge is 0.337 e. The molecule has 0 bridgehead atoms. The first-order valence-corrected chi connectivity index (χ1v) is 11.7. The summed E-state index contributed by atoms with van der Waals surface area (Å²) >= 11 is 0. The summed E-state index contributed by atoms with van der Waals surface area (Å²) in [5, 5.41) is 25.3. The van der Waals surface area contributed by atoms with Crippen LogP contribution >= 0.6 is 0 Å². The van der Waals surface area contributed by atoms with E-state index in [4.69, 9.17) is 4.74 Å². The number of aromatic nitrogens is 3. The minimum Gasteiger partial charge on any atom is -0.494 e. The predicted molar refractivity (Wildman–Crippen MR) is 146 cm³/mol. The number of hydrogen-bond acceptors (Lipinski definition) is 9. The van der Waals surface area contributed by atoms with Gasteiger partial charge in [-0.05, 0) is 26.2 Å². The molecule has 0 unspecified atom stereocenters. The highest BCUT2D eigenvalue weighted by Gasteiger charge is 2.23. The number of benzene rings is 2. The number of carboxylic acids is 1. The molecule has 0 aliphatic heterocycles. The molecule has 198 valence electrons. The van der Waals surface area contributed by atoms with Gasteiger partial charge in [-0.3, -0.25) is 10.1 Å². The van der Waals surface area contributed by atoms with Gasteiger partial charge in [0.2, 0.25) is 5.95 Å². The van der Waals surface area contributed by atoms with Crippen molar-refractivity contribution in [2.24, 2.45) is 7.05 Å². The van der Waals surface area contributed by atoms with Gasteiger partial charge in [0.05, 0.1) is 34.5 Å². The van der Waals surface area contributed by atoms with Crippen molar-refractivity contribution < 1.29 is 19.6 Å². The highest BCUT2D eigenvalue weighted by atomic mass is 16.6. The number of anilines is 3. The zero-order valence-electron chi connectivity index (χ0n) is 21.8. The first kappa shape index (κ1) is 26.4. The van der Waals surface area contributed by atoms with E-state index in [2.05, 4.69) is 15.3 Å². The van der Waals surface area contributed by atoms with E-state index in [0.29, 0.717) is 34.9 Å². The van der Waals surface area contributed by atoms with Crippen LogP contribution in [0, 0.1) is 10.1 Å². The molecule has 0 amide bonds. The Morgan fingerprint density at radius 3 is 2.63 bits per heavy atom. The maximum atomic E-state index is 11.9. The summed E-state index contributed by atoms with van der Waals surface area (Å²) in [6, 6.07) is 9.84. The summed E-state index contributed by atoms with van der Waals surface area (Å²) in [6.07, 6.45) is 3.38. The molecule has 38 heavy (non-hydrogen) atoms. The molecule has 12 heteroatoms. The standard InChI is InChI=1S/C26H29N7O5/c1-30(2)11-12-31(3)21-14-23(38-5)20(13-22(21)33(36)37)29-26-27-10-9-19(28-26)18-15-32(4)24-16(18)7-6-8-17(24)25(34)35/h6-10,13-15H,11-12H2,1-5H3,(H,34,35)(H,27,28,29). The Morgan fingerprint density at radius 1 is 1.21 bits per heavy atom. The quantitative estimate of drug-likeness (QED) is 0.233. The lowest BCUT2D eigenvalue weighted by molar-refractivity contribution is -0.384. The molecule has 2 N–H and O–H groups in total. The average molecular weight is 520 g/mol. The summed E-state index contributed by atoms with van der Waals surface area (Å²) in [5.74, 6) is -0.416. The number of nitrogens with zero attached hydrogens (tertiary/aromatic N) is 6. The molecular formula is C26H29N7O5. The lowest BCUT2D eigenvalue weighted by Crippen LogP contribution is -2.28. The number of fused-ring (bicyclic) bond motifs is 1. The Hall–Kier alpha value is -4.71. The van der Waals surface area contributed by atoms with Crippen molar-refractivity contribution in [1.82, 2.24) is 19.4 Å². The van der Waals surface area contributed by atoms with Crippen molar-refractivity contribution >= 4 is 39.9 Å². The van der Waals surface area contributed by atoms with Crippen LogP contribution in [0.3, 0.4) is 0 Å². The fraction of sp³-hybridized carbons (Fsp3) is 0.269. The lowest BCUT2D eigenvalue weighted by Gasteiger charge is -2.22. The second kappa shape index (κ2) is 10.7. The Labute approximate surface area is 219 Å². The molecule has 2 aromatic carbocycles. The summed E-state index contributed by atoms with van der Waals surface area (Å²) in [7, 11) is 8.94. The largest absolute Gasteiger partial charge is 0.494 e. The topological polar surface area (TPSA) is 139 Å². The summed E-state index contributed by atoms with van der Waals surface area (Å²) in [4.78, 5) is 35.9. The number of hydrogen-bond donors (Lipinski definition) is 2. The number of ether oxygens (including phenoxy) is 1. The van der Waals surface area contributed by atoms with Gasteiger partial charge in [0.25, 0.3) is 5.69 Å². The number of carbonyl (C=O) groups is 1. The van der Waals surface area contributed by atoms with Crippen LogP contribution in [0.25, 0.3) is 22.2 Å². The van der Waals surface area contributed by atoms with Crippen LogP contribution in [0.15, 0.2) is 48.8 Å². The molecule has 2 heterocycles. The molecule has 12 nitrogen and oxygen atoms in total. The molecule has 4 rings (SSSR count). The fourth-order valence-electron chi connectivity index (χ4n) is 4.28. The van der Waals surface area contributed by atoms with Gasteiger partial charge >= 0.3 is 5.97 Å².